The molecule has 1 heterocycles. The molecule has 0 atom stereocenters. The van der Waals surface area contributed by atoms with E-state index in [0.29, 0.717) is 22.1 Å². The number of nitrogens with one attached hydrogen (secondary N) is 1. The van der Waals surface area contributed by atoms with Crippen LogP contribution in [0.5, 0.6) is 0 Å². The molecule has 1 N–H and O–H groups in total. The van der Waals surface area contributed by atoms with Crippen molar-refractivity contribution in [3.05, 3.63) is 51.2 Å². The van der Waals surface area contributed by atoms with Crippen molar-refractivity contribution in [3.63, 3.8) is 0 Å². The van der Waals surface area contributed by atoms with Gasteiger partial charge in [-0.3, -0.25) is 9.59 Å². The first kappa shape index (κ1) is 19.0. The third-order valence-corrected chi connectivity index (χ3v) is 4.43. The smallest absolute Gasteiger partial charge is 0.338 e. The molecule has 1 aromatic heterocycles. The molecule has 0 spiro atoms. The molecule has 2 rings (SSSR count). The minimum Gasteiger partial charge on any atom is -0.452 e. The lowest BCUT2D eigenvalue weighted by atomic mass is 10.2. The lowest BCUT2D eigenvalue weighted by Gasteiger charge is -2.16. The van der Waals surface area contributed by atoms with Gasteiger partial charge in [0.15, 0.2) is 6.61 Å². The number of halogens is 1. The first-order valence-electron chi connectivity index (χ1n) is 7.38. The zero-order valence-corrected chi connectivity index (χ0v) is 15.3. The second-order valence-corrected chi connectivity index (χ2v) is 7.09. The quantitative estimate of drug-likeness (QED) is 0.781. The molecule has 0 saturated heterocycles. The average Bonchev–Trinajstić information content (AvgIpc) is 2.97. The van der Waals surface area contributed by atoms with Crippen LogP contribution in [0.4, 0.5) is 5.69 Å². The van der Waals surface area contributed by atoms with Gasteiger partial charge in [0.05, 0.1) is 16.4 Å². The Morgan fingerprint density at radius 1 is 1.16 bits per heavy atom. The number of thiophene rings is 1. The van der Waals surface area contributed by atoms with Gasteiger partial charge in [-0.15, -0.1) is 11.3 Å². The number of anilines is 1. The predicted octanol–water partition coefficient (Wildman–Crippen LogP) is 3.18. The zero-order chi connectivity index (χ0) is 18.4. The third kappa shape index (κ3) is 5.88. The van der Waals surface area contributed by atoms with Crippen molar-refractivity contribution < 1.29 is 19.1 Å². The summed E-state index contributed by atoms with van der Waals surface area (Å²) in [5.74, 6) is -1.11. The average molecular weight is 381 g/mol. The normalized spacial score (nSPS) is 10.2. The van der Waals surface area contributed by atoms with Gasteiger partial charge in [-0.2, -0.15) is 0 Å². The zero-order valence-electron chi connectivity index (χ0n) is 13.7. The monoisotopic (exact) mass is 380 g/mol. The lowest BCUT2D eigenvalue weighted by Crippen LogP contribution is -2.30. The summed E-state index contributed by atoms with van der Waals surface area (Å²) in [6.07, 6.45) is 0. The van der Waals surface area contributed by atoms with Crippen LogP contribution >= 0.6 is 22.9 Å². The van der Waals surface area contributed by atoms with Crippen LogP contribution in [0.25, 0.3) is 0 Å². The molecule has 2 amide bonds. The van der Waals surface area contributed by atoms with Gasteiger partial charge in [-0.1, -0.05) is 11.6 Å². The fourth-order valence-electron chi connectivity index (χ4n) is 1.97. The highest BCUT2D eigenvalue weighted by Gasteiger charge is 2.14. The minimum atomic E-state index is -0.602. The van der Waals surface area contributed by atoms with Crippen LogP contribution < -0.4 is 5.32 Å². The number of hydrogen-bond acceptors (Lipinski definition) is 5. The van der Waals surface area contributed by atoms with Crippen LogP contribution in [0.2, 0.25) is 4.34 Å². The van der Waals surface area contributed by atoms with E-state index >= 15 is 0 Å². The lowest BCUT2D eigenvalue weighted by molar-refractivity contribution is -0.133. The highest BCUT2D eigenvalue weighted by molar-refractivity contribution is 7.16. The summed E-state index contributed by atoms with van der Waals surface area (Å²) in [4.78, 5) is 37.4. The Morgan fingerprint density at radius 2 is 1.84 bits per heavy atom. The van der Waals surface area contributed by atoms with Gasteiger partial charge in [0.25, 0.3) is 5.91 Å². The van der Waals surface area contributed by atoms with Crippen molar-refractivity contribution in [3.8, 4) is 0 Å². The summed E-state index contributed by atoms with van der Waals surface area (Å²) in [6, 6.07) is 9.84. The van der Waals surface area contributed by atoms with Gasteiger partial charge in [-0.25, -0.2) is 4.79 Å². The molecule has 0 radical (unpaired) electrons. The molecule has 25 heavy (non-hydrogen) atoms. The Bertz CT molecular complexity index is 773. The van der Waals surface area contributed by atoms with E-state index in [1.165, 1.54) is 35.3 Å². The summed E-state index contributed by atoms with van der Waals surface area (Å²) in [5.41, 5.74) is 0.879. The highest BCUT2D eigenvalue weighted by atomic mass is 35.5. The summed E-state index contributed by atoms with van der Waals surface area (Å²) in [7, 11) is 1.63. The summed E-state index contributed by atoms with van der Waals surface area (Å²) in [6.45, 7) is 1.45. The molecule has 0 unspecified atom stereocenters. The first-order valence-corrected chi connectivity index (χ1v) is 8.57. The Labute approximate surface area is 154 Å². The van der Waals surface area contributed by atoms with E-state index in [9.17, 15) is 14.4 Å². The molecular weight excluding hydrogens is 364 g/mol. The maximum Gasteiger partial charge on any atom is 0.338 e. The second-order valence-electron chi connectivity index (χ2n) is 5.29. The predicted molar refractivity (Wildman–Crippen MR) is 96.8 cm³/mol. The number of ether oxygens (including phenoxy) is 1. The largest absolute Gasteiger partial charge is 0.452 e. The van der Waals surface area contributed by atoms with Crippen LogP contribution in [-0.2, 0) is 20.9 Å². The molecule has 6 nitrogen and oxygen atoms in total. The molecule has 132 valence electrons. The van der Waals surface area contributed by atoms with Crippen LogP contribution in [0.15, 0.2) is 36.4 Å². The summed E-state index contributed by atoms with van der Waals surface area (Å²) < 4.78 is 5.69. The van der Waals surface area contributed by atoms with E-state index in [1.807, 2.05) is 6.07 Å². The third-order valence-electron chi connectivity index (χ3n) is 3.22. The van der Waals surface area contributed by atoms with Crippen LogP contribution in [0.1, 0.15) is 22.2 Å². The van der Waals surface area contributed by atoms with Crippen molar-refractivity contribution in [2.24, 2.45) is 0 Å². The Kier molecular flexibility index (Phi) is 6.55. The van der Waals surface area contributed by atoms with Crippen LogP contribution in [-0.4, -0.2) is 36.3 Å². The molecule has 0 saturated carbocycles. The first-order chi connectivity index (χ1) is 11.8. The Hall–Kier alpha value is -2.38. The molecule has 0 aliphatic carbocycles. The molecule has 0 bridgehead atoms. The SMILES string of the molecule is CC(=O)Nc1ccc(C(=O)OCC(=O)N(C)Cc2ccc(Cl)s2)cc1. The number of amides is 2. The van der Waals surface area contributed by atoms with Crippen molar-refractivity contribution >= 4 is 46.4 Å². The Balaban J connectivity index is 1.84. The molecular formula is C17H17ClN2O4S. The Morgan fingerprint density at radius 3 is 2.40 bits per heavy atom. The number of likely N-dealkylation sites (N-methyl/N-ethyl adjacent to an activating group) is 1. The van der Waals surface area contributed by atoms with E-state index in [-0.39, 0.29) is 18.4 Å². The maximum atomic E-state index is 12.0. The molecule has 0 aliphatic rings. The van der Waals surface area contributed by atoms with Gasteiger partial charge in [-0.05, 0) is 36.4 Å². The highest BCUT2D eigenvalue weighted by Crippen LogP contribution is 2.22. The van der Waals surface area contributed by atoms with E-state index in [2.05, 4.69) is 5.32 Å². The maximum absolute atomic E-state index is 12.0. The van der Waals surface area contributed by atoms with E-state index < -0.39 is 5.97 Å². The van der Waals surface area contributed by atoms with Crippen molar-refractivity contribution in [2.45, 2.75) is 13.5 Å². The molecule has 0 fully saturated rings. The molecule has 2 aromatic rings. The number of carbonyl (C=O) groups is 3. The number of nitrogens with zero attached hydrogens (tertiary/aromatic N) is 1. The molecule has 1 aromatic carbocycles. The van der Waals surface area contributed by atoms with Crippen LogP contribution in [0.3, 0.4) is 0 Å². The van der Waals surface area contributed by atoms with Crippen molar-refractivity contribution in [1.29, 1.82) is 0 Å². The number of rotatable bonds is 6. The van der Waals surface area contributed by atoms with Gasteiger partial charge in [0, 0.05) is 24.5 Å². The minimum absolute atomic E-state index is 0.198. The van der Waals surface area contributed by atoms with Crippen molar-refractivity contribution in [1.82, 2.24) is 4.90 Å². The number of carbonyl (C=O) groups excluding carboxylic acids is 3. The van der Waals surface area contributed by atoms with Crippen LogP contribution in [0, 0.1) is 0 Å². The fourth-order valence-corrected chi connectivity index (χ4v) is 3.11. The number of hydrogen-bond donors (Lipinski definition) is 1. The summed E-state index contributed by atoms with van der Waals surface area (Å²) >= 11 is 7.25. The molecule has 0 aliphatic heterocycles. The van der Waals surface area contributed by atoms with Gasteiger partial charge in [0.1, 0.15) is 0 Å². The topological polar surface area (TPSA) is 75.7 Å². The fraction of sp³-hybridized carbons (Fsp3) is 0.235. The van der Waals surface area contributed by atoms with E-state index in [4.69, 9.17) is 16.3 Å². The van der Waals surface area contributed by atoms with Gasteiger partial charge in [0.2, 0.25) is 5.91 Å². The van der Waals surface area contributed by atoms with Crippen molar-refractivity contribution in [2.75, 3.05) is 19.0 Å². The summed E-state index contributed by atoms with van der Waals surface area (Å²) in [5, 5.41) is 2.60. The number of esters is 1. The number of benzene rings is 1. The van der Waals surface area contributed by atoms with Gasteiger partial charge >= 0.3 is 5.97 Å². The van der Waals surface area contributed by atoms with E-state index in [0.717, 1.165) is 4.88 Å². The molecule has 8 heteroatoms. The standard InChI is InChI=1S/C17H17ClN2O4S/c1-11(21)19-13-5-3-12(4-6-13)17(23)24-10-16(22)20(2)9-14-7-8-15(18)25-14/h3-8H,9-10H2,1-2H3,(H,19,21). The second kappa shape index (κ2) is 8.64. The van der Waals surface area contributed by atoms with E-state index in [1.54, 1.807) is 25.2 Å². The van der Waals surface area contributed by atoms with Gasteiger partial charge < -0.3 is 15.0 Å².